The molecule has 1 saturated heterocycles. The molecule has 2 aliphatic rings. The second kappa shape index (κ2) is 10.0. The summed E-state index contributed by atoms with van der Waals surface area (Å²) in [6.45, 7) is 4.87. The molecule has 1 heterocycles. The van der Waals surface area contributed by atoms with Gasteiger partial charge in [-0.3, -0.25) is 4.79 Å². The quantitative estimate of drug-likeness (QED) is 0.520. The van der Waals surface area contributed by atoms with Crippen LogP contribution in [0.4, 0.5) is 26.3 Å². The van der Waals surface area contributed by atoms with Crippen molar-refractivity contribution in [2.24, 2.45) is 11.3 Å². The second-order valence-electron chi connectivity index (χ2n) is 9.81. The zero-order valence-electron chi connectivity index (χ0n) is 19.7. The molecule has 4 nitrogen and oxygen atoms in total. The molecule has 1 aromatic rings. The summed E-state index contributed by atoms with van der Waals surface area (Å²) in [6, 6.07) is 1.97. The summed E-state index contributed by atoms with van der Waals surface area (Å²) in [5.74, 6) is -0.357. The first-order valence-electron chi connectivity index (χ1n) is 11.6. The van der Waals surface area contributed by atoms with Crippen molar-refractivity contribution in [3.8, 4) is 0 Å². The van der Waals surface area contributed by atoms with Gasteiger partial charge in [0.15, 0.2) is 0 Å². The number of carbonyl (C=O) groups is 1. The first-order chi connectivity index (χ1) is 15.7. The molecule has 1 aliphatic heterocycles. The first kappa shape index (κ1) is 26.8. The molecule has 1 aromatic carbocycles. The number of nitrogens with one attached hydrogen (secondary N) is 1. The minimum atomic E-state index is -4.92. The Labute approximate surface area is 196 Å². The Balaban J connectivity index is 1.74. The van der Waals surface area contributed by atoms with Crippen LogP contribution in [-0.4, -0.2) is 43.2 Å². The third-order valence-electron chi connectivity index (χ3n) is 7.52. The van der Waals surface area contributed by atoms with E-state index in [-0.39, 0.29) is 29.5 Å². The molecule has 192 valence electrons. The maximum Gasteiger partial charge on any atom is 0.416 e. The van der Waals surface area contributed by atoms with Crippen molar-refractivity contribution in [3.63, 3.8) is 0 Å². The van der Waals surface area contributed by atoms with Crippen LogP contribution < -0.4 is 5.32 Å². The van der Waals surface area contributed by atoms with Crippen molar-refractivity contribution >= 4 is 5.91 Å². The largest absolute Gasteiger partial charge is 0.416 e. The van der Waals surface area contributed by atoms with Crippen LogP contribution >= 0.6 is 0 Å². The zero-order valence-corrected chi connectivity index (χ0v) is 19.7. The average Bonchev–Trinajstić information content (AvgIpc) is 3.23. The highest BCUT2D eigenvalue weighted by Crippen LogP contribution is 2.47. The van der Waals surface area contributed by atoms with Gasteiger partial charge < -0.3 is 15.0 Å². The van der Waals surface area contributed by atoms with Gasteiger partial charge in [0, 0.05) is 31.8 Å². The SMILES string of the molecule is CC(C)[C@]1(C(=O)NCc2cc(C(F)(F)F)cc(C(F)(F)F)c2)CCC(N(C)C2CCOCC2)C1. The fraction of sp³-hybridized carbons (Fsp3) is 0.708. The Hall–Kier alpha value is -1.81. The Morgan fingerprint density at radius 1 is 1.03 bits per heavy atom. The number of nitrogens with zero attached hydrogens (tertiary/aromatic N) is 1. The van der Waals surface area contributed by atoms with Crippen molar-refractivity contribution in [2.45, 2.75) is 76.9 Å². The number of carbonyl (C=O) groups excluding carboxylic acids is 1. The van der Waals surface area contributed by atoms with Gasteiger partial charge in [0.2, 0.25) is 5.91 Å². The van der Waals surface area contributed by atoms with Crippen molar-refractivity contribution in [3.05, 3.63) is 34.9 Å². The predicted molar refractivity (Wildman–Crippen MR) is 115 cm³/mol. The van der Waals surface area contributed by atoms with E-state index in [2.05, 4.69) is 17.3 Å². The predicted octanol–water partition coefficient (Wildman–Crippen LogP) is 5.65. The molecule has 10 heteroatoms. The van der Waals surface area contributed by atoms with Crippen LogP contribution in [0, 0.1) is 11.3 Å². The van der Waals surface area contributed by atoms with E-state index in [1.807, 2.05) is 13.8 Å². The smallest absolute Gasteiger partial charge is 0.381 e. The number of hydrogen-bond acceptors (Lipinski definition) is 3. The van der Waals surface area contributed by atoms with E-state index in [0.29, 0.717) is 44.2 Å². The highest BCUT2D eigenvalue weighted by atomic mass is 19.4. The van der Waals surface area contributed by atoms with Crippen molar-refractivity contribution in [1.29, 1.82) is 0 Å². The molecule has 2 atom stereocenters. The highest BCUT2D eigenvalue weighted by Gasteiger charge is 2.49. The molecule has 1 amide bonds. The minimum Gasteiger partial charge on any atom is -0.381 e. The maximum absolute atomic E-state index is 13.3. The summed E-state index contributed by atoms with van der Waals surface area (Å²) in [7, 11) is 2.05. The molecule has 2 fully saturated rings. The lowest BCUT2D eigenvalue weighted by molar-refractivity contribution is -0.143. The van der Waals surface area contributed by atoms with Gasteiger partial charge in [-0.25, -0.2) is 0 Å². The van der Waals surface area contributed by atoms with Gasteiger partial charge in [-0.15, -0.1) is 0 Å². The van der Waals surface area contributed by atoms with Crippen molar-refractivity contribution in [2.75, 3.05) is 20.3 Å². The monoisotopic (exact) mass is 494 g/mol. The summed E-state index contributed by atoms with van der Waals surface area (Å²) in [6.07, 6.45) is -5.98. The molecule has 0 spiro atoms. The molecular formula is C24H32F6N2O2. The first-order valence-corrected chi connectivity index (χ1v) is 11.6. The van der Waals surface area contributed by atoms with Crippen LogP contribution in [0.1, 0.15) is 62.6 Å². The third-order valence-corrected chi connectivity index (χ3v) is 7.52. The van der Waals surface area contributed by atoms with E-state index in [1.54, 1.807) is 0 Å². The Morgan fingerprint density at radius 2 is 1.59 bits per heavy atom. The number of halogens is 6. The number of rotatable bonds is 6. The summed E-state index contributed by atoms with van der Waals surface area (Å²) >= 11 is 0. The van der Waals surface area contributed by atoms with Crippen molar-refractivity contribution < 1.29 is 35.9 Å². The molecule has 1 aliphatic carbocycles. The van der Waals surface area contributed by atoms with Gasteiger partial charge in [-0.1, -0.05) is 13.8 Å². The van der Waals surface area contributed by atoms with E-state index in [4.69, 9.17) is 4.74 Å². The average molecular weight is 495 g/mol. The van der Waals surface area contributed by atoms with Crippen LogP contribution in [0.3, 0.4) is 0 Å². The zero-order chi connectivity index (χ0) is 25.3. The van der Waals surface area contributed by atoms with Gasteiger partial charge in [-0.05, 0) is 68.8 Å². The summed E-state index contributed by atoms with van der Waals surface area (Å²) in [5.41, 5.74) is -3.73. The van der Waals surface area contributed by atoms with Crippen LogP contribution in [0.5, 0.6) is 0 Å². The number of amides is 1. The third kappa shape index (κ3) is 5.87. The van der Waals surface area contributed by atoms with Crippen LogP contribution in [0.15, 0.2) is 18.2 Å². The topological polar surface area (TPSA) is 41.6 Å². The molecule has 1 N–H and O–H groups in total. The standard InChI is InChI=1S/C24H32F6N2O2/c1-15(2)22(7-4-20(13-22)32(3)19-5-8-34-9-6-19)21(33)31-14-16-10-17(23(25,26)27)12-18(11-16)24(28,29)30/h10-12,15,19-20H,4-9,13-14H2,1-3H3,(H,31,33)/t20?,22-/m0/s1. The lowest BCUT2D eigenvalue weighted by Crippen LogP contribution is -2.46. The molecule has 34 heavy (non-hydrogen) atoms. The Morgan fingerprint density at radius 3 is 2.09 bits per heavy atom. The van der Waals surface area contributed by atoms with E-state index < -0.39 is 35.4 Å². The van der Waals surface area contributed by atoms with Crippen LogP contribution in [-0.2, 0) is 28.4 Å². The maximum atomic E-state index is 13.3. The van der Waals surface area contributed by atoms with Crippen LogP contribution in [0.2, 0.25) is 0 Å². The number of hydrogen-bond donors (Lipinski definition) is 1. The summed E-state index contributed by atoms with van der Waals surface area (Å²) < 4.78 is 84.3. The highest BCUT2D eigenvalue weighted by molar-refractivity contribution is 5.83. The minimum absolute atomic E-state index is 0.0344. The van der Waals surface area contributed by atoms with Gasteiger partial charge in [0.25, 0.3) is 0 Å². The molecule has 0 radical (unpaired) electrons. The van der Waals surface area contributed by atoms with Gasteiger partial charge in [0.05, 0.1) is 16.5 Å². The molecular weight excluding hydrogens is 462 g/mol. The van der Waals surface area contributed by atoms with Crippen molar-refractivity contribution in [1.82, 2.24) is 10.2 Å². The number of benzene rings is 1. The van der Waals surface area contributed by atoms with Crippen LogP contribution in [0.25, 0.3) is 0 Å². The molecule has 0 bridgehead atoms. The van der Waals surface area contributed by atoms with E-state index in [1.165, 1.54) is 0 Å². The van der Waals surface area contributed by atoms with Gasteiger partial charge in [0.1, 0.15) is 0 Å². The molecule has 1 unspecified atom stereocenters. The number of ether oxygens (including phenoxy) is 1. The molecule has 3 rings (SSSR count). The fourth-order valence-corrected chi connectivity index (χ4v) is 5.26. The van der Waals surface area contributed by atoms with E-state index in [0.717, 1.165) is 19.3 Å². The lowest BCUT2D eigenvalue weighted by atomic mass is 9.74. The normalized spacial score (nSPS) is 24.7. The fourth-order valence-electron chi connectivity index (χ4n) is 5.26. The summed E-state index contributed by atoms with van der Waals surface area (Å²) in [5, 5.41) is 2.65. The van der Waals surface area contributed by atoms with Gasteiger partial charge >= 0.3 is 12.4 Å². The number of alkyl halides is 6. The Kier molecular flexibility index (Phi) is 7.92. The molecule has 0 aromatic heterocycles. The van der Waals surface area contributed by atoms with E-state index in [9.17, 15) is 31.1 Å². The second-order valence-corrected chi connectivity index (χ2v) is 9.81. The van der Waals surface area contributed by atoms with Gasteiger partial charge in [-0.2, -0.15) is 26.3 Å². The van der Waals surface area contributed by atoms with E-state index >= 15 is 0 Å². The Bertz CT molecular complexity index is 832. The lowest BCUT2D eigenvalue weighted by Gasteiger charge is -2.37. The molecule has 1 saturated carbocycles. The summed E-state index contributed by atoms with van der Waals surface area (Å²) in [4.78, 5) is 15.6.